The average Bonchev–Trinajstić information content (AvgIpc) is 2.64. The van der Waals surface area contributed by atoms with Crippen molar-refractivity contribution in [3.8, 4) is 0 Å². The van der Waals surface area contributed by atoms with E-state index in [1.165, 1.54) is 0 Å². The Hall–Kier alpha value is -0.280. The number of carbonyl (C=O) groups excluding carboxylic acids is 1. The summed E-state index contributed by atoms with van der Waals surface area (Å²) in [6, 6.07) is 0.720. The predicted molar refractivity (Wildman–Crippen MR) is 49.1 cm³/mol. The highest BCUT2D eigenvalue weighted by Gasteiger charge is 2.34. The molecule has 0 aliphatic heterocycles. The van der Waals surface area contributed by atoms with Crippen molar-refractivity contribution in [3.05, 3.63) is 0 Å². The molecule has 2 fully saturated rings. The lowest BCUT2D eigenvalue weighted by Crippen LogP contribution is -2.50. The van der Waals surface area contributed by atoms with Gasteiger partial charge < -0.3 is 11.1 Å². The first-order chi connectivity index (χ1) is 5.25. The van der Waals surface area contributed by atoms with E-state index in [2.05, 4.69) is 5.32 Å². The van der Waals surface area contributed by atoms with Gasteiger partial charge in [0.1, 0.15) is 0 Å². The van der Waals surface area contributed by atoms with Crippen LogP contribution in [0.25, 0.3) is 0 Å². The smallest absolute Gasteiger partial charge is 0.223 e. The molecule has 0 saturated heterocycles. The molecule has 0 unspecified atom stereocenters. The molecule has 2 rings (SSSR count). The molecule has 3 N–H and O–H groups in total. The summed E-state index contributed by atoms with van der Waals surface area (Å²) in [4.78, 5) is 11.2. The van der Waals surface area contributed by atoms with Gasteiger partial charge in [-0.2, -0.15) is 0 Å². The second-order valence-corrected chi connectivity index (χ2v) is 3.71. The Morgan fingerprint density at radius 3 is 2.33 bits per heavy atom. The first-order valence-electron chi connectivity index (χ1n) is 4.31. The summed E-state index contributed by atoms with van der Waals surface area (Å²) in [5.41, 5.74) is 5.59. The minimum absolute atomic E-state index is 0. The second-order valence-electron chi connectivity index (χ2n) is 3.71. The van der Waals surface area contributed by atoms with E-state index >= 15 is 0 Å². The molecule has 0 heterocycles. The number of nitrogens with two attached hydrogens (primary N) is 1. The maximum atomic E-state index is 11.2. The standard InChI is InChI=1S/C8H14N2O.ClH/c9-6-3-7(4-6)10-8(11)5-1-2-5;/h5-7H,1-4,9H2,(H,10,11);1H. The normalized spacial score (nSPS) is 33.1. The van der Waals surface area contributed by atoms with Crippen LogP contribution in [0.1, 0.15) is 25.7 Å². The van der Waals surface area contributed by atoms with Gasteiger partial charge in [0.25, 0.3) is 0 Å². The van der Waals surface area contributed by atoms with Gasteiger partial charge in [0.15, 0.2) is 0 Å². The highest BCUT2D eigenvalue weighted by molar-refractivity contribution is 5.85. The van der Waals surface area contributed by atoms with Crippen molar-refractivity contribution < 1.29 is 4.79 Å². The number of amides is 1. The molecule has 2 aliphatic rings. The summed E-state index contributed by atoms with van der Waals surface area (Å²) >= 11 is 0. The van der Waals surface area contributed by atoms with Crippen LogP contribution in [-0.2, 0) is 4.79 Å². The molecular weight excluding hydrogens is 176 g/mol. The third-order valence-electron chi connectivity index (χ3n) is 2.47. The van der Waals surface area contributed by atoms with Crippen molar-refractivity contribution in [1.82, 2.24) is 5.32 Å². The molecule has 1 amide bonds. The van der Waals surface area contributed by atoms with Gasteiger partial charge in [0.05, 0.1) is 0 Å². The molecular formula is C8H15ClN2O. The van der Waals surface area contributed by atoms with Crippen molar-refractivity contribution in [2.75, 3.05) is 0 Å². The third kappa shape index (κ3) is 2.11. The summed E-state index contributed by atoms with van der Waals surface area (Å²) < 4.78 is 0. The van der Waals surface area contributed by atoms with E-state index in [4.69, 9.17) is 5.73 Å². The van der Waals surface area contributed by atoms with Crippen LogP contribution < -0.4 is 11.1 Å². The Morgan fingerprint density at radius 1 is 1.33 bits per heavy atom. The Labute approximate surface area is 78.5 Å². The van der Waals surface area contributed by atoms with Crippen LogP contribution in [0, 0.1) is 5.92 Å². The van der Waals surface area contributed by atoms with Crippen molar-refractivity contribution in [1.29, 1.82) is 0 Å². The van der Waals surface area contributed by atoms with E-state index in [9.17, 15) is 4.79 Å². The minimum Gasteiger partial charge on any atom is -0.353 e. The molecule has 12 heavy (non-hydrogen) atoms. The maximum Gasteiger partial charge on any atom is 0.223 e. The fourth-order valence-corrected chi connectivity index (χ4v) is 1.44. The van der Waals surface area contributed by atoms with Crippen molar-refractivity contribution in [2.45, 2.75) is 37.8 Å². The Kier molecular flexibility index (Phi) is 2.96. The van der Waals surface area contributed by atoms with Gasteiger partial charge in [-0.25, -0.2) is 0 Å². The first kappa shape index (κ1) is 9.81. The molecule has 0 spiro atoms. The van der Waals surface area contributed by atoms with Gasteiger partial charge >= 0.3 is 0 Å². The quantitative estimate of drug-likeness (QED) is 0.664. The average molecular weight is 191 g/mol. The van der Waals surface area contributed by atoms with E-state index < -0.39 is 0 Å². The number of hydrogen-bond donors (Lipinski definition) is 2. The SMILES string of the molecule is Cl.NC1CC(NC(=O)C2CC2)C1. The molecule has 0 bridgehead atoms. The van der Waals surface area contributed by atoms with E-state index in [0.717, 1.165) is 25.7 Å². The summed E-state index contributed by atoms with van der Waals surface area (Å²) in [7, 11) is 0. The fourth-order valence-electron chi connectivity index (χ4n) is 1.44. The number of nitrogens with one attached hydrogen (secondary N) is 1. The topological polar surface area (TPSA) is 55.1 Å². The zero-order chi connectivity index (χ0) is 7.84. The van der Waals surface area contributed by atoms with Crippen molar-refractivity contribution >= 4 is 18.3 Å². The summed E-state index contributed by atoms with van der Waals surface area (Å²) in [5, 5.41) is 2.99. The van der Waals surface area contributed by atoms with E-state index in [1.807, 2.05) is 0 Å². The molecule has 3 nitrogen and oxygen atoms in total. The number of hydrogen-bond acceptors (Lipinski definition) is 2. The predicted octanol–water partition coefficient (Wildman–Crippen LogP) is 0.424. The molecule has 2 aliphatic carbocycles. The number of carbonyl (C=O) groups is 1. The fraction of sp³-hybridized carbons (Fsp3) is 0.875. The Morgan fingerprint density at radius 2 is 1.92 bits per heavy atom. The molecule has 70 valence electrons. The van der Waals surface area contributed by atoms with Gasteiger partial charge in [0, 0.05) is 18.0 Å². The van der Waals surface area contributed by atoms with Gasteiger partial charge in [0.2, 0.25) is 5.91 Å². The Balaban J connectivity index is 0.000000720. The van der Waals surface area contributed by atoms with Crippen LogP contribution >= 0.6 is 12.4 Å². The van der Waals surface area contributed by atoms with Gasteiger partial charge in [-0.05, 0) is 25.7 Å². The number of rotatable bonds is 2. The zero-order valence-electron chi connectivity index (χ0n) is 6.95. The van der Waals surface area contributed by atoms with Crippen molar-refractivity contribution in [2.24, 2.45) is 11.7 Å². The summed E-state index contributed by atoms with van der Waals surface area (Å²) in [6.45, 7) is 0. The van der Waals surface area contributed by atoms with Crippen molar-refractivity contribution in [3.63, 3.8) is 0 Å². The van der Waals surface area contributed by atoms with E-state index in [1.54, 1.807) is 0 Å². The van der Waals surface area contributed by atoms with Gasteiger partial charge in [-0.3, -0.25) is 4.79 Å². The summed E-state index contributed by atoms with van der Waals surface area (Å²) in [5.74, 6) is 0.591. The molecule has 0 aromatic rings. The van der Waals surface area contributed by atoms with Gasteiger partial charge in [-0.15, -0.1) is 12.4 Å². The highest BCUT2D eigenvalue weighted by atomic mass is 35.5. The monoisotopic (exact) mass is 190 g/mol. The highest BCUT2D eigenvalue weighted by Crippen LogP contribution is 2.30. The van der Waals surface area contributed by atoms with Gasteiger partial charge in [-0.1, -0.05) is 0 Å². The second kappa shape index (κ2) is 3.62. The van der Waals surface area contributed by atoms with Crippen LogP contribution in [0.5, 0.6) is 0 Å². The van der Waals surface area contributed by atoms with Crippen LogP contribution in [-0.4, -0.2) is 18.0 Å². The lowest BCUT2D eigenvalue weighted by Gasteiger charge is -2.32. The van der Waals surface area contributed by atoms with E-state index in [-0.39, 0.29) is 18.3 Å². The molecule has 0 atom stereocenters. The largest absolute Gasteiger partial charge is 0.353 e. The molecule has 4 heteroatoms. The lowest BCUT2D eigenvalue weighted by molar-refractivity contribution is -0.123. The van der Waals surface area contributed by atoms with Crippen LogP contribution in [0.3, 0.4) is 0 Å². The molecule has 0 aromatic heterocycles. The number of halogens is 1. The minimum atomic E-state index is 0. The van der Waals surface area contributed by atoms with Crippen LogP contribution in [0.15, 0.2) is 0 Å². The maximum absolute atomic E-state index is 11.2. The molecule has 2 saturated carbocycles. The first-order valence-corrected chi connectivity index (χ1v) is 4.31. The third-order valence-corrected chi connectivity index (χ3v) is 2.47. The summed E-state index contributed by atoms with van der Waals surface area (Å²) in [6.07, 6.45) is 4.12. The lowest BCUT2D eigenvalue weighted by atomic mass is 9.87. The van der Waals surface area contributed by atoms with Crippen LogP contribution in [0.4, 0.5) is 0 Å². The van der Waals surface area contributed by atoms with Crippen LogP contribution in [0.2, 0.25) is 0 Å². The zero-order valence-corrected chi connectivity index (χ0v) is 7.77. The molecule has 0 radical (unpaired) electrons. The molecule has 0 aromatic carbocycles. The van der Waals surface area contributed by atoms with E-state index in [0.29, 0.717) is 18.0 Å². The Bertz CT molecular complexity index is 176.